The van der Waals surface area contributed by atoms with Crippen LogP contribution in [0.15, 0.2) is 104 Å². The Labute approximate surface area is 143 Å². The fourth-order valence-electron chi connectivity index (χ4n) is 3.10. The topological polar surface area (TPSA) is 17.1 Å². The maximum absolute atomic E-state index is 13.3. The zero-order chi connectivity index (χ0) is 16.8. The average molecular weight is 312 g/mol. The van der Waals surface area contributed by atoms with E-state index < -0.39 is 0 Å². The average Bonchev–Trinajstić information content (AvgIpc) is 2.67. The Balaban J connectivity index is 2.08. The first kappa shape index (κ1) is 15.9. The van der Waals surface area contributed by atoms with Gasteiger partial charge in [-0.05, 0) is 11.1 Å². The molecule has 0 heterocycles. The van der Waals surface area contributed by atoms with Crippen LogP contribution in [0.25, 0.3) is 0 Å². The molecule has 3 aromatic carbocycles. The Morgan fingerprint density at radius 1 is 0.708 bits per heavy atom. The highest BCUT2D eigenvalue weighted by atomic mass is 16.1. The highest BCUT2D eigenvalue weighted by Gasteiger charge is 2.29. The predicted molar refractivity (Wildman–Crippen MR) is 99.3 cm³/mol. The van der Waals surface area contributed by atoms with Gasteiger partial charge in [0.25, 0.3) is 0 Å². The van der Waals surface area contributed by atoms with E-state index in [4.69, 9.17) is 0 Å². The molecule has 0 unspecified atom stereocenters. The lowest BCUT2D eigenvalue weighted by atomic mass is 9.77. The maximum atomic E-state index is 13.3. The predicted octanol–water partition coefficient (Wildman–Crippen LogP) is 5.62. The molecule has 0 saturated carbocycles. The number of hydrogen-bond acceptors (Lipinski definition) is 1. The van der Waals surface area contributed by atoms with Crippen molar-refractivity contribution >= 4 is 5.78 Å². The van der Waals surface area contributed by atoms with Crippen molar-refractivity contribution in [3.8, 4) is 0 Å². The Morgan fingerprint density at radius 2 is 1.17 bits per heavy atom. The molecule has 0 fully saturated rings. The Hall–Kier alpha value is -2.93. The molecule has 1 heteroatoms. The van der Waals surface area contributed by atoms with Gasteiger partial charge in [-0.3, -0.25) is 4.79 Å². The van der Waals surface area contributed by atoms with Crippen LogP contribution in [0.4, 0.5) is 0 Å². The summed E-state index contributed by atoms with van der Waals surface area (Å²) in [5.74, 6) is -0.231. The molecule has 0 spiro atoms. The fourth-order valence-corrected chi connectivity index (χ4v) is 3.10. The summed E-state index contributed by atoms with van der Waals surface area (Å²) in [6.07, 6.45) is 1.88. The summed E-state index contributed by atoms with van der Waals surface area (Å²) in [5, 5.41) is 0. The molecule has 0 N–H and O–H groups in total. The molecule has 1 nitrogen and oxygen atoms in total. The molecule has 0 radical (unpaired) electrons. The monoisotopic (exact) mass is 312 g/mol. The number of allylic oxidation sites excluding steroid dienone is 1. The first-order valence-corrected chi connectivity index (χ1v) is 8.13. The van der Waals surface area contributed by atoms with Crippen molar-refractivity contribution in [2.24, 2.45) is 0 Å². The van der Waals surface area contributed by atoms with E-state index in [-0.39, 0.29) is 17.6 Å². The SMILES string of the molecule is C=C[C@H](c1ccccc1)[C@H](C(=O)c1ccccc1)c1ccccc1. The molecular formula is C23H20O. The summed E-state index contributed by atoms with van der Waals surface area (Å²) < 4.78 is 0. The van der Waals surface area contributed by atoms with Crippen molar-refractivity contribution in [1.29, 1.82) is 0 Å². The quantitative estimate of drug-likeness (QED) is 0.426. The molecule has 24 heavy (non-hydrogen) atoms. The summed E-state index contributed by atoms with van der Waals surface area (Å²) in [4.78, 5) is 13.3. The summed E-state index contributed by atoms with van der Waals surface area (Å²) in [7, 11) is 0. The molecule has 3 aromatic rings. The van der Waals surface area contributed by atoms with E-state index in [2.05, 4.69) is 18.7 Å². The van der Waals surface area contributed by atoms with Gasteiger partial charge in [-0.2, -0.15) is 0 Å². The van der Waals surface area contributed by atoms with E-state index in [1.54, 1.807) is 0 Å². The number of rotatable bonds is 6. The summed E-state index contributed by atoms with van der Waals surface area (Å²) in [6, 6.07) is 29.6. The van der Waals surface area contributed by atoms with Crippen LogP contribution >= 0.6 is 0 Å². The first-order valence-electron chi connectivity index (χ1n) is 8.13. The minimum atomic E-state index is -0.284. The van der Waals surface area contributed by atoms with E-state index in [1.807, 2.05) is 84.9 Å². The molecule has 0 saturated heterocycles. The second-order valence-electron chi connectivity index (χ2n) is 5.79. The highest BCUT2D eigenvalue weighted by Crippen LogP contribution is 2.36. The van der Waals surface area contributed by atoms with Crippen molar-refractivity contribution in [2.45, 2.75) is 11.8 Å². The van der Waals surface area contributed by atoms with Crippen molar-refractivity contribution in [3.63, 3.8) is 0 Å². The second-order valence-corrected chi connectivity index (χ2v) is 5.79. The molecule has 0 bridgehead atoms. The van der Waals surface area contributed by atoms with Gasteiger partial charge in [-0.1, -0.05) is 97.1 Å². The van der Waals surface area contributed by atoms with Gasteiger partial charge in [0, 0.05) is 11.5 Å². The number of carbonyl (C=O) groups is 1. The normalized spacial score (nSPS) is 13.0. The third-order valence-electron chi connectivity index (χ3n) is 4.30. The van der Waals surface area contributed by atoms with Crippen LogP contribution in [0.3, 0.4) is 0 Å². The summed E-state index contributed by atoms with van der Waals surface area (Å²) in [6.45, 7) is 4.01. The third kappa shape index (κ3) is 3.36. The number of carbonyl (C=O) groups excluding carboxylic acids is 1. The largest absolute Gasteiger partial charge is 0.293 e. The molecule has 0 aliphatic rings. The van der Waals surface area contributed by atoms with Crippen LogP contribution < -0.4 is 0 Å². The van der Waals surface area contributed by atoms with E-state index in [0.717, 1.165) is 16.7 Å². The Morgan fingerprint density at radius 3 is 1.67 bits per heavy atom. The lowest BCUT2D eigenvalue weighted by molar-refractivity contribution is 0.0953. The maximum Gasteiger partial charge on any atom is 0.171 e. The van der Waals surface area contributed by atoms with Crippen LogP contribution in [0.5, 0.6) is 0 Å². The van der Waals surface area contributed by atoms with E-state index in [1.165, 1.54) is 0 Å². The standard InChI is InChI=1S/C23H20O/c1-2-21(18-12-6-3-7-13-18)22(19-14-8-4-9-15-19)23(24)20-16-10-5-11-17-20/h2-17,21-22H,1H2/t21-,22-/m1/s1. The zero-order valence-corrected chi connectivity index (χ0v) is 13.5. The van der Waals surface area contributed by atoms with Crippen LogP contribution in [0.1, 0.15) is 33.3 Å². The van der Waals surface area contributed by atoms with Gasteiger partial charge >= 0.3 is 0 Å². The minimum Gasteiger partial charge on any atom is -0.293 e. The Kier molecular flexibility index (Phi) is 5.02. The lowest BCUT2D eigenvalue weighted by Gasteiger charge is -2.24. The molecule has 118 valence electrons. The number of hydrogen-bond donors (Lipinski definition) is 0. The first-order chi connectivity index (χ1) is 11.8. The number of benzene rings is 3. The number of Topliss-reactive ketones (excluding diaryl/α,β-unsaturated/α-hetero) is 1. The van der Waals surface area contributed by atoms with Crippen molar-refractivity contribution < 1.29 is 4.79 Å². The summed E-state index contributed by atoms with van der Waals surface area (Å²) >= 11 is 0. The lowest BCUT2D eigenvalue weighted by Crippen LogP contribution is -2.19. The molecule has 0 aliphatic carbocycles. The molecule has 2 atom stereocenters. The van der Waals surface area contributed by atoms with Gasteiger partial charge in [-0.25, -0.2) is 0 Å². The van der Waals surface area contributed by atoms with Crippen LogP contribution in [-0.2, 0) is 0 Å². The van der Waals surface area contributed by atoms with Crippen LogP contribution in [0, 0.1) is 0 Å². The second kappa shape index (κ2) is 7.56. The number of ketones is 1. The van der Waals surface area contributed by atoms with E-state index in [0.29, 0.717) is 0 Å². The van der Waals surface area contributed by atoms with Gasteiger partial charge in [-0.15, -0.1) is 6.58 Å². The van der Waals surface area contributed by atoms with Crippen molar-refractivity contribution in [3.05, 3.63) is 120 Å². The van der Waals surface area contributed by atoms with Crippen LogP contribution in [0.2, 0.25) is 0 Å². The van der Waals surface area contributed by atoms with Gasteiger partial charge < -0.3 is 0 Å². The van der Waals surface area contributed by atoms with Gasteiger partial charge in [0.15, 0.2) is 5.78 Å². The molecular weight excluding hydrogens is 292 g/mol. The molecule has 3 rings (SSSR count). The van der Waals surface area contributed by atoms with Gasteiger partial charge in [0.05, 0.1) is 5.92 Å². The molecule has 0 amide bonds. The van der Waals surface area contributed by atoms with Crippen molar-refractivity contribution in [1.82, 2.24) is 0 Å². The minimum absolute atomic E-state index is 0.0682. The Bertz CT molecular complexity index is 791. The van der Waals surface area contributed by atoms with E-state index >= 15 is 0 Å². The highest BCUT2D eigenvalue weighted by molar-refractivity contribution is 6.01. The summed E-state index contributed by atoms with van der Waals surface area (Å²) in [5.41, 5.74) is 2.85. The zero-order valence-electron chi connectivity index (χ0n) is 13.5. The van der Waals surface area contributed by atoms with Crippen LogP contribution in [-0.4, -0.2) is 5.78 Å². The molecule has 0 aromatic heterocycles. The fraction of sp³-hybridized carbons (Fsp3) is 0.0870. The van der Waals surface area contributed by atoms with Gasteiger partial charge in [0.1, 0.15) is 0 Å². The van der Waals surface area contributed by atoms with Gasteiger partial charge in [0.2, 0.25) is 0 Å². The third-order valence-corrected chi connectivity index (χ3v) is 4.30. The molecule has 0 aliphatic heterocycles. The van der Waals surface area contributed by atoms with E-state index in [9.17, 15) is 4.79 Å². The smallest absolute Gasteiger partial charge is 0.171 e. The van der Waals surface area contributed by atoms with Crippen molar-refractivity contribution in [2.75, 3.05) is 0 Å².